The predicted molar refractivity (Wildman–Crippen MR) is 59.6 cm³/mol. The van der Waals surface area contributed by atoms with Crippen LogP contribution in [0.15, 0.2) is 0 Å². The number of unbranched alkanes of at least 4 members (excludes halogenated alkanes) is 1. The van der Waals surface area contributed by atoms with E-state index in [0.717, 1.165) is 12.8 Å². The first-order valence-corrected chi connectivity index (χ1v) is 5.71. The van der Waals surface area contributed by atoms with Crippen LogP contribution in [0.4, 0.5) is 0 Å². The SMILES string of the molecule is CCCC(N)CCCCC(N)CC. The molecule has 0 radical (unpaired) electrons. The van der Waals surface area contributed by atoms with Crippen molar-refractivity contribution in [3.63, 3.8) is 0 Å². The molecule has 0 bridgehead atoms. The summed E-state index contributed by atoms with van der Waals surface area (Å²) in [7, 11) is 0. The Hall–Kier alpha value is -0.0800. The third kappa shape index (κ3) is 8.26. The van der Waals surface area contributed by atoms with E-state index in [9.17, 15) is 0 Å². The van der Waals surface area contributed by atoms with Gasteiger partial charge < -0.3 is 11.5 Å². The Labute approximate surface area is 83.1 Å². The number of nitrogens with two attached hydrogens (primary N) is 2. The number of hydrogen-bond acceptors (Lipinski definition) is 2. The van der Waals surface area contributed by atoms with Gasteiger partial charge in [-0.15, -0.1) is 0 Å². The van der Waals surface area contributed by atoms with Crippen molar-refractivity contribution in [2.75, 3.05) is 0 Å². The Balaban J connectivity index is 3.15. The third-order valence-electron chi connectivity index (χ3n) is 2.58. The van der Waals surface area contributed by atoms with Crippen LogP contribution in [0.3, 0.4) is 0 Å². The fraction of sp³-hybridized carbons (Fsp3) is 1.00. The first-order valence-electron chi connectivity index (χ1n) is 5.71. The van der Waals surface area contributed by atoms with Gasteiger partial charge in [0.2, 0.25) is 0 Å². The second-order valence-electron chi connectivity index (χ2n) is 4.00. The number of hydrogen-bond donors (Lipinski definition) is 2. The lowest BCUT2D eigenvalue weighted by Crippen LogP contribution is -2.20. The summed E-state index contributed by atoms with van der Waals surface area (Å²) >= 11 is 0. The standard InChI is InChI=1S/C11H26N2/c1-3-7-11(13)9-6-5-8-10(12)4-2/h10-11H,3-9,12-13H2,1-2H3. The Kier molecular flexibility index (Phi) is 8.46. The molecule has 2 heteroatoms. The number of rotatable bonds is 8. The van der Waals surface area contributed by atoms with Crippen molar-refractivity contribution >= 4 is 0 Å². The van der Waals surface area contributed by atoms with Crippen LogP contribution in [0, 0.1) is 0 Å². The summed E-state index contributed by atoms with van der Waals surface area (Å²) in [6.07, 6.45) is 8.29. The van der Waals surface area contributed by atoms with E-state index in [4.69, 9.17) is 11.5 Å². The molecule has 13 heavy (non-hydrogen) atoms. The average Bonchev–Trinajstić information content (AvgIpc) is 2.12. The quantitative estimate of drug-likeness (QED) is 0.572. The lowest BCUT2D eigenvalue weighted by atomic mass is 10.0. The van der Waals surface area contributed by atoms with E-state index in [2.05, 4.69) is 13.8 Å². The van der Waals surface area contributed by atoms with Crippen LogP contribution in [-0.2, 0) is 0 Å². The van der Waals surface area contributed by atoms with E-state index in [1.54, 1.807) is 0 Å². The molecule has 0 aliphatic rings. The molecule has 0 rings (SSSR count). The van der Waals surface area contributed by atoms with Gasteiger partial charge in [-0.3, -0.25) is 0 Å². The largest absolute Gasteiger partial charge is 0.328 e. The van der Waals surface area contributed by atoms with Gasteiger partial charge in [-0.25, -0.2) is 0 Å². The zero-order valence-electron chi connectivity index (χ0n) is 9.26. The molecule has 0 amide bonds. The van der Waals surface area contributed by atoms with Crippen molar-refractivity contribution in [2.45, 2.75) is 70.9 Å². The van der Waals surface area contributed by atoms with Crippen molar-refractivity contribution in [1.82, 2.24) is 0 Å². The molecule has 2 atom stereocenters. The van der Waals surface area contributed by atoms with E-state index < -0.39 is 0 Å². The maximum atomic E-state index is 5.90. The monoisotopic (exact) mass is 186 g/mol. The molecule has 2 nitrogen and oxygen atoms in total. The zero-order valence-corrected chi connectivity index (χ0v) is 9.26. The lowest BCUT2D eigenvalue weighted by molar-refractivity contribution is 0.491. The summed E-state index contributed by atoms with van der Waals surface area (Å²) in [6, 6.07) is 0.824. The van der Waals surface area contributed by atoms with Gasteiger partial charge in [-0.1, -0.05) is 33.1 Å². The normalized spacial score (nSPS) is 15.7. The van der Waals surface area contributed by atoms with Gasteiger partial charge in [0.25, 0.3) is 0 Å². The van der Waals surface area contributed by atoms with Crippen LogP contribution < -0.4 is 11.5 Å². The summed E-state index contributed by atoms with van der Waals surface area (Å²) in [6.45, 7) is 4.33. The van der Waals surface area contributed by atoms with Crippen molar-refractivity contribution in [2.24, 2.45) is 11.5 Å². The van der Waals surface area contributed by atoms with E-state index in [0.29, 0.717) is 12.1 Å². The highest BCUT2D eigenvalue weighted by Crippen LogP contribution is 2.08. The molecule has 0 spiro atoms. The second-order valence-corrected chi connectivity index (χ2v) is 4.00. The fourth-order valence-electron chi connectivity index (χ4n) is 1.53. The molecule has 0 aliphatic heterocycles. The Morgan fingerprint density at radius 1 is 0.846 bits per heavy atom. The highest BCUT2D eigenvalue weighted by atomic mass is 14.6. The molecule has 2 unspecified atom stereocenters. The van der Waals surface area contributed by atoms with Gasteiger partial charge in [0, 0.05) is 12.1 Å². The Bertz CT molecular complexity index is 104. The van der Waals surface area contributed by atoms with Crippen molar-refractivity contribution in [3.05, 3.63) is 0 Å². The fourth-order valence-corrected chi connectivity index (χ4v) is 1.53. The third-order valence-corrected chi connectivity index (χ3v) is 2.58. The van der Waals surface area contributed by atoms with E-state index >= 15 is 0 Å². The molecule has 0 saturated heterocycles. The first kappa shape index (κ1) is 12.9. The van der Waals surface area contributed by atoms with Gasteiger partial charge >= 0.3 is 0 Å². The van der Waals surface area contributed by atoms with Crippen molar-refractivity contribution in [3.8, 4) is 0 Å². The maximum Gasteiger partial charge on any atom is 0.00387 e. The van der Waals surface area contributed by atoms with Gasteiger partial charge in [-0.2, -0.15) is 0 Å². The Morgan fingerprint density at radius 2 is 1.38 bits per heavy atom. The molecule has 0 heterocycles. The van der Waals surface area contributed by atoms with Gasteiger partial charge in [0.15, 0.2) is 0 Å². The lowest BCUT2D eigenvalue weighted by Gasteiger charge is -2.11. The second kappa shape index (κ2) is 8.52. The maximum absolute atomic E-state index is 5.90. The molecule has 80 valence electrons. The topological polar surface area (TPSA) is 52.0 Å². The molecule has 0 aromatic heterocycles. The van der Waals surface area contributed by atoms with Crippen molar-refractivity contribution in [1.29, 1.82) is 0 Å². The smallest absolute Gasteiger partial charge is 0.00387 e. The van der Waals surface area contributed by atoms with Crippen LogP contribution in [0.2, 0.25) is 0 Å². The minimum absolute atomic E-state index is 0.405. The van der Waals surface area contributed by atoms with Crippen LogP contribution in [0.5, 0.6) is 0 Å². The minimum Gasteiger partial charge on any atom is -0.328 e. The van der Waals surface area contributed by atoms with Crippen LogP contribution >= 0.6 is 0 Å². The molecular formula is C11H26N2. The molecule has 4 N–H and O–H groups in total. The van der Waals surface area contributed by atoms with Crippen LogP contribution in [-0.4, -0.2) is 12.1 Å². The van der Waals surface area contributed by atoms with Gasteiger partial charge in [0.05, 0.1) is 0 Å². The molecule has 0 aliphatic carbocycles. The van der Waals surface area contributed by atoms with Crippen LogP contribution in [0.25, 0.3) is 0 Å². The Morgan fingerprint density at radius 3 is 1.85 bits per heavy atom. The summed E-state index contributed by atoms with van der Waals surface area (Å²) < 4.78 is 0. The summed E-state index contributed by atoms with van der Waals surface area (Å²) in [5.74, 6) is 0. The minimum atomic E-state index is 0.405. The van der Waals surface area contributed by atoms with E-state index in [1.807, 2.05) is 0 Å². The van der Waals surface area contributed by atoms with E-state index in [-0.39, 0.29) is 0 Å². The highest BCUT2D eigenvalue weighted by molar-refractivity contribution is 4.63. The molecule has 0 saturated carbocycles. The van der Waals surface area contributed by atoms with Gasteiger partial charge in [0.1, 0.15) is 0 Å². The van der Waals surface area contributed by atoms with E-state index in [1.165, 1.54) is 32.1 Å². The summed E-state index contributed by atoms with van der Waals surface area (Å²) in [5, 5.41) is 0. The molecule has 0 aromatic carbocycles. The average molecular weight is 186 g/mol. The molecule has 0 fully saturated rings. The molecular weight excluding hydrogens is 160 g/mol. The van der Waals surface area contributed by atoms with Crippen molar-refractivity contribution < 1.29 is 0 Å². The summed E-state index contributed by atoms with van der Waals surface area (Å²) in [4.78, 5) is 0. The van der Waals surface area contributed by atoms with Crippen LogP contribution in [0.1, 0.15) is 58.8 Å². The zero-order chi connectivity index (χ0) is 10.1. The summed E-state index contributed by atoms with van der Waals surface area (Å²) in [5.41, 5.74) is 11.7. The highest BCUT2D eigenvalue weighted by Gasteiger charge is 2.02. The van der Waals surface area contributed by atoms with Gasteiger partial charge in [-0.05, 0) is 25.7 Å². The first-order chi connectivity index (χ1) is 6.20. The predicted octanol–water partition coefficient (Wildman–Crippen LogP) is 2.41. The molecule has 0 aromatic rings.